The number of nitrogens with zero attached hydrogens (tertiary/aromatic N) is 4. The van der Waals surface area contributed by atoms with Crippen molar-refractivity contribution in [1.29, 1.82) is 5.26 Å². The molecule has 1 fully saturated rings. The van der Waals surface area contributed by atoms with E-state index in [0.29, 0.717) is 6.04 Å². The summed E-state index contributed by atoms with van der Waals surface area (Å²) in [5.74, 6) is 0.865. The second-order valence-electron chi connectivity index (χ2n) is 5.75. The molecule has 22 heavy (non-hydrogen) atoms. The number of nitrogens with one attached hydrogen (secondary N) is 1. The summed E-state index contributed by atoms with van der Waals surface area (Å²) < 4.78 is 0. The van der Waals surface area contributed by atoms with Crippen molar-refractivity contribution in [3.05, 3.63) is 47.4 Å². The maximum atomic E-state index is 9.29. The predicted octanol–water partition coefficient (Wildman–Crippen LogP) is 2.66. The third-order valence-corrected chi connectivity index (χ3v) is 3.96. The smallest absolute Gasteiger partial charge is 0.129 e. The monoisotopic (exact) mass is 293 g/mol. The van der Waals surface area contributed by atoms with Gasteiger partial charge in [0.15, 0.2) is 0 Å². The Morgan fingerprint density at radius 1 is 1.27 bits per heavy atom. The van der Waals surface area contributed by atoms with Crippen LogP contribution < -0.4 is 10.2 Å². The Labute approximate surface area is 130 Å². The number of aromatic nitrogens is 2. The van der Waals surface area contributed by atoms with Crippen molar-refractivity contribution in [3.8, 4) is 6.07 Å². The van der Waals surface area contributed by atoms with Crippen LogP contribution in [0.3, 0.4) is 0 Å². The molecular weight excluding hydrogens is 274 g/mol. The summed E-state index contributed by atoms with van der Waals surface area (Å²) in [5, 5.41) is 12.7. The fourth-order valence-electron chi connectivity index (χ4n) is 2.84. The van der Waals surface area contributed by atoms with E-state index in [1.165, 1.54) is 5.56 Å². The van der Waals surface area contributed by atoms with Crippen LogP contribution in [0.2, 0.25) is 0 Å². The molecule has 1 aliphatic rings. The van der Waals surface area contributed by atoms with Crippen LogP contribution in [0.1, 0.15) is 23.2 Å². The van der Waals surface area contributed by atoms with Gasteiger partial charge in [-0.25, -0.2) is 9.97 Å². The zero-order valence-electron chi connectivity index (χ0n) is 12.9. The molecule has 1 aromatic heterocycles. The van der Waals surface area contributed by atoms with E-state index in [1.807, 2.05) is 25.1 Å². The van der Waals surface area contributed by atoms with Crippen molar-refractivity contribution < 1.29 is 0 Å². The molecule has 2 heterocycles. The lowest BCUT2D eigenvalue weighted by Crippen LogP contribution is -2.27. The van der Waals surface area contributed by atoms with E-state index in [-0.39, 0.29) is 0 Å². The van der Waals surface area contributed by atoms with Crippen molar-refractivity contribution in [1.82, 2.24) is 9.97 Å². The van der Waals surface area contributed by atoms with Gasteiger partial charge in [-0.05, 0) is 38.0 Å². The normalized spacial score (nSPS) is 17.3. The summed E-state index contributed by atoms with van der Waals surface area (Å²) in [6, 6.07) is 10.6. The molecule has 0 spiro atoms. The van der Waals surface area contributed by atoms with Gasteiger partial charge in [-0.3, -0.25) is 0 Å². The molecule has 0 saturated carbocycles. The number of anilines is 2. The van der Waals surface area contributed by atoms with Gasteiger partial charge in [0.1, 0.15) is 18.2 Å². The first-order valence-electron chi connectivity index (χ1n) is 7.46. The van der Waals surface area contributed by atoms with E-state index >= 15 is 0 Å². The summed E-state index contributed by atoms with van der Waals surface area (Å²) in [7, 11) is 0. The summed E-state index contributed by atoms with van der Waals surface area (Å²) in [6.45, 7) is 5.83. The number of aryl methyl sites for hydroxylation is 2. The molecule has 0 amide bonds. The molecule has 1 aromatic carbocycles. The fraction of sp³-hybridized carbons (Fsp3) is 0.353. The standard InChI is InChI=1S/C17H19N5/c1-12-3-4-14(9-18)16(7-12)22-6-5-15(10-22)21-17-8-13(2)19-11-20-17/h3-4,7-8,11,15H,5-6,10H2,1-2H3,(H,19,20,21). The first kappa shape index (κ1) is 14.3. The Bertz CT molecular complexity index is 719. The van der Waals surface area contributed by atoms with Crippen LogP contribution in [0.25, 0.3) is 0 Å². The van der Waals surface area contributed by atoms with Crippen LogP contribution >= 0.6 is 0 Å². The first-order chi connectivity index (χ1) is 10.7. The molecule has 0 aliphatic carbocycles. The highest BCUT2D eigenvalue weighted by atomic mass is 15.2. The Kier molecular flexibility index (Phi) is 3.92. The van der Waals surface area contributed by atoms with Crippen LogP contribution in [0.4, 0.5) is 11.5 Å². The van der Waals surface area contributed by atoms with Crippen molar-refractivity contribution in [2.75, 3.05) is 23.3 Å². The molecule has 5 heteroatoms. The van der Waals surface area contributed by atoms with E-state index in [9.17, 15) is 5.26 Å². The fourth-order valence-corrected chi connectivity index (χ4v) is 2.84. The van der Waals surface area contributed by atoms with Crippen molar-refractivity contribution in [2.45, 2.75) is 26.3 Å². The zero-order chi connectivity index (χ0) is 15.5. The van der Waals surface area contributed by atoms with Crippen molar-refractivity contribution in [3.63, 3.8) is 0 Å². The topological polar surface area (TPSA) is 64.8 Å². The molecule has 112 valence electrons. The Hall–Kier alpha value is -2.61. The summed E-state index contributed by atoms with van der Waals surface area (Å²) in [6.07, 6.45) is 2.61. The zero-order valence-corrected chi connectivity index (χ0v) is 12.9. The minimum Gasteiger partial charge on any atom is -0.368 e. The lowest BCUT2D eigenvalue weighted by Gasteiger charge is -2.21. The molecule has 3 rings (SSSR count). The van der Waals surface area contributed by atoms with E-state index in [2.05, 4.69) is 39.2 Å². The minimum atomic E-state index is 0.335. The Morgan fingerprint density at radius 3 is 2.91 bits per heavy atom. The molecule has 1 aliphatic heterocycles. The molecule has 2 aromatic rings. The Balaban J connectivity index is 1.73. The SMILES string of the molecule is Cc1ccc(C#N)c(N2CCC(Nc3cc(C)ncn3)C2)c1. The minimum absolute atomic E-state index is 0.335. The second-order valence-corrected chi connectivity index (χ2v) is 5.75. The van der Waals surface area contributed by atoms with Crippen molar-refractivity contribution >= 4 is 11.5 Å². The van der Waals surface area contributed by atoms with Crippen molar-refractivity contribution in [2.24, 2.45) is 0 Å². The number of hydrogen-bond donors (Lipinski definition) is 1. The number of hydrogen-bond acceptors (Lipinski definition) is 5. The van der Waals surface area contributed by atoms with Gasteiger partial charge in [0.25, 0.3) is 0 Å². The number of nitriles is 1. The molecule has 1 unspecified atom stereocenters. The Morgan fingerprint density at radius 2 is 2.14 bits per heavy atom. The predicted molar refractivity (Wildman–Crippen MR) is 86.9 cm³/mol. The molecule has 1 N–H and O–H groups in total. The average Bonchev–Trinajstić information content (AvgIpc) is 2.95. The van der Waals surface area contributed by atoms with Gasteiger partial charge in [-0.15, -0.1) is 0 Å². The molecule has 1 saturated heterocycles. The molecule has 5 nitrogen and oxygen atoms in total. The highest BCUT2D eigenvalue weighted by molar-refractivity contribution is 5.61. The van der Waals surface area contributed by atoms with Crippen LogP contribution in [0, 0.1) is 25.2 Å². The first-order valence-corrected chi connectivity index (χ1v) is 7.46. The third-order valence-electron chi connectivity index (χ3n) is 3.96. The molecular formula is C17H19N5. The van der Waals surface area contributed by atoms with Gasteiger partial charge in [-0.2, -0.15) is 5.26 Å². The summed E-state index contributed by atoms with van der Waals surface area (Å²) >= 11 is 0. The molecule has 0 radical (unpaired) electrons. The second kappa shape index (κ2) is 6.02. The lowest BCUT2D eigenvalue weighted by molar-refractivity contribution is 0.798. The maximum Gasteiger partial charge on any atom is 0.129 e. The van der Waals surface area contributed by atoms with Crippen LogP contribution in [0.5, 0.6) is 0 Å². The van der Waals surface area contributed by atoms with E-state index in [1.54, 1.807) is 6.33 Å². The number of rotatable bonds is 3. The van der Waals surface area contributed by atoms with Crippen LogP contribution in [-0.2, 0) is 0 Å². The summed E-state index contributed by atoms with van der Waals surface area (Å²) in [4.78, 5) is 10.6. The van der Waals surface area contributed by atoms with Crippen LogP contribution in [-0.4, -0.2) is 29.1 Å². The van der Waals surface area contributed by atoms with E-state index < -0.39 is 0 Å². The molecule has 1 atom stereocenters. The van der Waals surface area contributed by atoms with Gasteiger partial charge in [0.05, 0.1) is 11.3 Å². The maximum absolute atomic E-state index is 9.29. The average molecular weight is 293 g/mol. The van der Waals surface area contributed by atoms with Gasteiger partial charge in [0.2, 0.25) is 0 Å². The highest BCUT2D eigenvalue weighted by Crippen LogP contribution is 2.26. The van der Waals surface area contributed by atoms with E-state index in [0.717, 1.165) is 42.3 Å². The molecule has 0 bridgehead atoms. The summed E-state index contributed by atoms with van der Waals surface area (Å²) in [5.41, 5.74) is 3.91. The van der Waals surface area contributed by atoms with Crippen LogP contribution in [0.15, 0.2) is 30.6 Å². The third kappa shape index (κ3) is 3.01. The number of benzene rings is 1. The largest absolute Gasteiger partial charge is 0.368 e. The lowest BCUT2D eigenvalue weighted by atomic mass is 10.1. The quantitative estimate of drug-likeness (QED) is 0.942. The van der Waals surface area contributed by atoms with Gasteiger partial charge in [-0.1, -0.05) is 6.07 Å². The van der Waals surface area contributed by atoms with Gasteiger partial charge >= 0.3 is 0 Å². The van der Waals surface area contributed by atoms with E-state index in [4.69, 9.17) is 0 Å². The highest BCUT2D eigenvalue weighted by Gasteiger charge is 2.24. The van der Waals surface area contributed by atoms with Gasteiger partial charge < -0.3 is 10.2 Å². The van der Waals surface area contributed by atoms with Gasteiger partial charge in [0, 0.05) is 30.9 Å².